The van der Waals surface area contributed by atoms with E-state index in [0.29, 0.717) is 10.3 Å². The van der Waals surface area contributed by atoms with Crippen LogP contribution in [0.1, 0.15) is 19.0 Å². The van der Waals surface area contributed by atoms with Crippen LogP contribution in [0.15, 0.2) is 36.4 Å². The number of aryl methyl sites for hydroxylation is 1. The molecule has 100 valence electrons. The van der Waals surface area contributed by atoms with E-state index in [1.54, 1.807) is 0 Å². The number of hydrogen-bond acceptors (Lipinski definition) is 2. The van der Waals surface area contributed by atoms with Gasteiger partial charge in [0.2, 0.25) is 0 Å². The van der Waals surface area contributed by atoms with Crippen molar-refractivity contribution in [3.63, 3.8) is 0 Å². The number of aromatic amines is 1. The first-order valence-electron chi connectivity index (χ1n) is 5.77. The molecule has 2 rings (SSSR count). The van der Waals surface area contributed by atoms with Gasteiger partial charge in [0.15, 0.2) is 0 Å². The number of H-pyrrole nitrogens is 1. The lowest BCUT2D eigenvalue weighted by molar-refractivity contribution is 0.861. The fourth-order valence-electron chi connectivity index (χ4n) is 1.69. The van der Waals surface area contributed by atoms with Gasteiger partial charge in [-0.3, -0.25) is 4.79 Å². The van der Waals surface area contributed by atoms with Crippen LogP contribution in [0.5, 0.6) is 0 Å². The minimum atomic E-state index is -0.146. The third-order valence-electron chi connectivity index (χ3n) is 2.61. The maximum Gasteiger partial charge on any atom is 0.265 e. The Morgan fingerprint density at radius 3 is 2.58 bits per heavy atom. The highest BCUT2D eigenvalue weighted by atomic mass is 79.9. The number of nitrogens with one attached hydrogen (secondary N) is 1. The van der Waals surface area contributed by atoms with Gasteiger partial charge in [-0.25, -0.2) is 4.98 Å². The summed E-state index contributed by atoms with van der Waals surface area (Å²) in [4.78, 5) is 19.2. The summed E-state index contributed by atoms with van der Waals surface area (Å²) in [5, 5.41) is 0. The van der Waals surface area contributed by atoms with E-state index < -0.39 is 0 Å². The summed E-state index contributed by atoms with van der Waals surface area (Å²) < 4.78 is 2.41. The number of benzene rings is 1. The molecule has 0 atom stereocenters. The molecule has 19 heavy (non-hydrogen) atoms. The van der Waals surface area contributed by atoms with E-state index in [1.807, 2.05) is 18.2 Å². The summed E-state index contributed by atoms with van der Waals surface area (Å²) in [6.07, 6.45) is 1.72. The Morgan fingerprint density at radius 2 is 1.95 bits per heavy atom. The highest BCUT2D eigenvalue weighted by Gasteiger charge is 2.10. The van der Waals surface area contributed by atoms with Gasteiger partial charge in [-0.1, -0.05) is 19.4 Å². The molecule has 0 aliphatic rings. The van der Waals surface area contributed by atoms with Gasteiger partial charge in [0, 0.05) is 14.5 Å². The van der Waals surface area contributed by atoms with Crippen molar-refractivity contribution in [2.75, 3.05) is 0 Å². The quantitative estimate of drug-likeness (QED) is 0.738. The molecule has 0 aliphatic heterocycles. The lowest BCUT2D eigenvalue weighted by atomic mass is 10.2. The molecule has 0 unspecified atom stereocenters. The molecule has 3 nitrogen and oxygen atoms in total. The second-order valence-corrected chi connectivity index (χ2v) is 6.56. The first-order valence-corrected chi connectivity index (χ1v) is 8.15. The van der Waals surface area contributed by atoms with Crippen LogP contribution in [0.25, 0.3) is 11.4 Å². The number of aromatic nitrogens is 2. The second kappa shape index (κ2) is 6.33. The molecule has 1 N–H and O–H groups in total. The minimum absolute atomic E-state index is 0.146. The van der Waals surface area contributed by atoms with Crippen molar-refractivity contribution in [1.29, 1.82) is 0 Å². The Kier molecular flexibility index (Phi) is 4.97. The van der Waals surface area contributed by atoms with Gasteiger partial charge in [-0.2, -0.15) is 0 Å². The zero-order chi connectivity index (χ0) is 14.0. The molecule has 0 fully saturated rings. The SMILES string of the molecule is CCCc1nc(-c2ccc(Br)c(Br)c2)[nH]c(=O)c1Br. The standard InChI is InChI=1S/C13H11Br3N2O/c1-2-3-10-11(16)13(19)18-12(17-10)7-4-5-8(14)9(15)6-7/h4-6H,2-3H2,1H3,(H,17,18,19). The van der Waals surface area contributed by atoms with Crippen LogP contribution in [0.2, 0.25) is 0 Å². The molecule has 1 heterocycles. The van der Waals surface area contributed by atoms with E-state index in [-0.39, 0.29) is 5.56 Å². The van der Waals surface area contributed by atoms with Gasteiger partial charge < -0.3 is 4.98 Å². The zero-order valence-electron chi connectivity index (χ0n) is 10.1. The van der Waals surface area contributed by atoms with Crippen molar-refractivity contribution >= 4 is 47.8 Å². The van der Waals surface area contributed by atoms with Crippen LogP contribution in [0, 0.1) is 0 Å². The number of halogens is 3. The molecule has 0 saturated carbocycles. The highest BCUT2D eigenvalue weighted by molar-refractivity contribution is 9.13. The molecule has 0 bridgehead atoms. The smallest absolute Gasteiger partial charge is 0.265 e. The normalized spacial score (nSPS) is 10.7. The largest absolute Gasteiger partial charge is 0.306 e. The molecule has 6 heteroatoms. The first kappa shape index (κ1) is 14.9. The van der Waals surface area contributed by atoms with Crippen molar-refractivity contribution in [3.05, 3.63) is 47.7 Å². The third kappa shape index (κ3) is 3.35. The highest BCUT2D eigenvalue weighted by Crippen LogP contribution is 2.27. The fourth-order valence-corrected chi connectivity index (χ4v) is 2.70. The maximum atomic E-state index is 11.9. The summed E-state index contributed by atoms with van der Waals surface area (Å²) in [6.45, 7) is 2.06. The first-order chi connectivity index (χ1) is 9.02. The number of nitrogens with zero attached hydrogens (tertiary/aromatic N) is 1. The maximum absolute atomic E-state index is 11.9. The van der Waals surface area contributed by atoms with Crippen molar-refractivity contribution in [3.8, 4) is 11.4 Å². The van der Waals surface area contributed by atoms with Gasteiger partial charge in [-0.05, 0) is 66.3 Å². The predicted molar refractivity (Wildman–Crippen MR) is 87.4 cm³/mol. The van der Waals surface area contributed by atoms with Crippen molar-refractivity contribution in [1.82, 2.24) is 9.97 Å². The number of hydrogen-bond donors (Lipinski definition) is 1. The van der Waals surface area contributed by atoms with Gasteiger partial charge in [-0.15, -0.1) is 0 Å². The second-order valence-electron chi connectivity index (χ2n) is 4.05. The summed E-state index contributed by atoms with van der Waals surface area (Å²) >= 11 is 10.2. The van der Waals surface area contributed by atoms with E-state index in [9.17, 15) is 4.79 Å². The van der Waals surface area contributed by atoms with Crippen LogP contribution < -0.4 is 5.56 Å². The van der Waals surface area contributed by atoms with E-state index in [4.69, 9.17) is 0 Å². The molecule has 0 saturated heterocycles. The van der Waals surface area contributed by atoms with Gasteiger partial charge in [0.1, 0.15) is 10.3 Å². The molecular weight excluding hydrogens is 440 g/mol. The summed E-state index contributed by atoms with van der Waals surface area (Å²) in [6, 6.07) is 5.75. The lowest BCUT2D eigenvalue weighted by Crippen LogP contribution is -2.13. The van der Waals surface area contributed by atoms with Crippen molar-refractivity contribution < 1.29 is 0 Å². The topological polar surface area (TPSA) is 45.8 Å². The number of rotatable bonds is 3. The van der Waals surface area contributed by atoms with E-state index >= 15 is 0 Å². The minimum Gasteiger partial charge on any atom is -0.306 e. The Hall–Kier alpha value is -0.460. The average molecular weight is 451 g/mol. The summed E-state index contributed by atoms with van der Waals surface area (Å²) in [7, 11) is 0. The van der Waals surface area contributed by atoms with Gasteiger partial charge in [0.05, 0.1) is 5.69 Å². The Labute approximate surface area is 136 Å². The molecule has 1 aromatic heterocycles. The Morgan fingerprint density at radius 1 is 1.21 bits per heavy atom. The summed E-state index contributed by atoms with van der Waals surface area (Å²) in [5.74, 6) is 0.588. The van der Waals surface area contributed by atoms with Gasteiger partial charge >= 0.3 is 0 Å². The molecule has 0 radical (unpaired) electrons. The monoisotopic (exact) mass is 448 g/mol. The van der Waals surface area contributed by atoms with Gasteiger partial charge in [0.25, 0.3) is 5.56 Å². The van der Waals surface area contributed by atoms with Crippen LogP contribution in [-0.4, -0.2) is 9.97 Å². The van der Waals surface area contributed by atoms with E-state index in [2.05, 4.69) is 64.7 Å². The Balaban J connectivity index is 2.56. The molecule has 0 aliphatic carbocycles. The molecular formula is C13H11Br3N2O. The molecule has 2 aromatic rings. The van der Waals surface area contributed by atoms with Crippen molar-refractivity contribution in [2.45, 2.75) is 19.8 Å². The average Bonchev–Trinajstić information content (AvgIpc) is 2.38. The predicted octanol–water partition coefficient (Wildman–Crippen LogP) is 4.68. The Bertz CT molecular complexity index is 667. The molecule has 0 spiro atoms. The zero-order valence-corrected chi connectivity index (χ0v) is 14.9. The molecule has 1 aromatic carbocycles. The van der Waals surface area contributed by atoms with Crippen LogP contribution in [0.3, 0.4) is 0 Å². The van der Waals surface area contributed by atoms with E-state index in [1.165, 1.54) is 0 Å². The van der Waals surface area contributed by atoms with Crippen molar-refractivity contribution in [2.24, 2.45) is 0 Å². The lowest BCUT2D eigenvalue weighted by Gasteiger charge is -2.07. The van der Waals surface area contributed by atoms with Crippen LogP contribution in [0.4, 0.5) is 0 Å². The van der Waals surface area contributed by atoms with Crippen LogP contribution >= 0.6 is 47.8 Å². The van der Waals surface area contributed by atoms with E-state index in [0.717, 1.165) is 33.0 Å². The molecule has 0 amide bonds. The van der Waals surface area contributed by atoms with Crippen LogP contribution in [-0.2, 0) is 6.42 Å². The fraction of sp³-hybridized carbons (Fsp3) is 0.231. The third-order valence-corrected chi connectivity index (χ3v) is 5.31. The summed E-state index contributed by atoms with van der Waals surface area (Å²) in [5.41, 5.74) is 1.52.